The molecule has 2 aromatic carbocycles. The Labute approximate surface area is 182 Å². The van der Waals surface area contributed by atoms with Crippen LogP contribution in [0.15, 0.2) is 48.5 Å². The van der Waals surface area contributed by atoms with Crippen LogP contribution in [0.4, 0.5) is 14.5 Å². The molecule has 4 aromatic rings. The summed E-state index contributed by atoms with van der Waals surface area (Å²) in [5.74, 6) is 0.0527. The van der Waals surface area contributed by atoms with Gasteiger partial charge in [0, 0.05) is 31.9 Å². The van der Waals surface area contributed by atoms with E-state index in [1.54, 1.807) is 25.1 Å². The molecule has 3 heterocycles. The van der Waals surface area contributed by atoms with Crippen LogP contribution >= 0.6 is 11.3 Å². The molecule has 1 N–H and O–H groups in total. The summed E-state index contributed by atoms with van der Waals surface area (Å²) in [6.07, 6.45) is 0. The Hall–Kier alpha value is -3.04. The summed E-state index contributed by atoms with van der Waals surface area (Å²) in [4.78, 5) is 10.1. The van der Waals surface area contributed by atoms with Crippen LogP contribution in [0, 0.1) is 18.6 Å². The summed E-state index contributed by atoms with van der Waals surface area (Å²) < 4.78 is 28.8. The van der Waals surface area contributed by atoms with Crippen LogP contribution in [0.2, 0.25) is 0 Å². The first-order valence-electron chi connectivity index (χ1n) is 10.0. The van der Waals surface area contributed by atoms with Crippen LogP contribution in [0.3, 0.4) is 0 Å². The Balaban J connectivity index is 1.47. The smallest absolute Gasteiger partial charge is 0.230 e. The number of halogens is 2. The SMILES string of the molecule is Cc1nc2sc([C@H](c3cccc(F)c3)N3CCN(c4ccc(F)cc4)CC3)c(O)n2n1. The van der Waals surface area contributed by atoms with Crippen LogP contribution in [0.1, 0.15) is 22.3 Å². The molecule has 0 amide bonds. The number of anilines is 1. The van der Waals surface area contributed by atoms with Crippen LogP contribution in [0.5, 0.6) is 5.88 Å². The fourth-order valence-corrected chi connectivity index (χ4v) is 5.28. The Morgan fingerprint density at radius 1 is 1.00 bits per heavy atom. The van der Waals surface area contributed by atoms with Crippen LogP contribution in [-0.2, 0) is 0 Å². The van der Waals surface area contributed by atoms with Gasteiger partial charge in [-0.1, -0.05) is 23.5 Å². The quantitative estimate of drug-likeness (QED) is 0.519. The second-order valence-corrected chi connectivity index (χ2v) is 8.61. The van der Waals surface area contributed by atoms with Gasteiger partial charge in [0.15, 0.2) is 0 Å². The second kappa shape index (κ2) is 7.90. The third-order valence-corrected chi connectivity index (χ3v) is 6.66. The van der Waals surface area contributed by atoms with E-state index in [4.69, 9.17) is 0 Å². The molecule has 0 aliphatic carbocycles. The molecule has 1 aliphatic heterocycles. The predicted octanol–water partition coefficient (Wildman–Crippen LogP) is 3.99. The lowest BCUT2D eigenvalue weighted by Crippen LogP contribution is -2.47. The van der Waals surface area contributed by atoms with Crippen LogP contribution in [-0.4, -0.2) is 50.8 Å². The van der Waals surface area contributed by atoms with E-state index < -0.39 is 0 Å². The molecule has 1 atom stereocenters. The largest absolute Gasteiger partial charge is 0.492 e. The lowest BCUT2D eigenvalue weighted by molar-refractivity contribution is 0.211. The van der Waals surface area contributed by atoms with Crippen molar-refractivity contribution in [2.24, 2.45) is 0 Å². The van der Waals surface area contributed by atoms with Crippen molar-refractivity contribution in [3.63, 3.8) is 0 Å². The minimum absolute atomic E-state index is 0.0378. The highest BCUT2D eigenvalue weighted by Gasteiger charge is 2.32. The van der Waals surface area contributed by atoms with Crippen molar-refractivity contribution in [2.45, 2.75) is 13.0 Å². The summed E-state index contributed by atoms with van der Waals surface area (Å²) in [7, 11) is 0. The Morgan fingerprint density at radius 3 is 2.42 bits per heavy atom. The topological polar surface area (TPSA) is 56.9 Å². The zero-order valence-corrected chi connectivity index (χ0v) is 17.7. The van der Waals surface area contributed by atoms with Gasteiger partial charge in [0.25, 0.3) is 0 Å². The summed E-state index contributed by atoms with van der Waals surface area (Å²) in [5.41, 5.74) is 1.74. The lowest BCUT2D eigenvalue weighted by Gasteiger charge is -2.40. The lowest BCUT2D eigenvalue weighted by atomic mass is 10.0. The number of hydrogen-bond donors (Lipinski definition) is 1. The molecule has 160 valence electrons. The molecule has 2 aromatic heterocycles. The number of thiazole rings is 1. The molecule has 31 heavy (non-hydrogen) atoms. The average molecular weight is 442 g/mol. The number of piperazine rings is 1. The minimum atomic E-state index is -0.320. The zero-order chi connectivity index (χ0) is 21.5. The molecular weight excluding hydrogens is 420 g/mol. The van der Waals surface area contributed by atoms with Crippen molar-refractivity contribution in [3.8, 4) is 5.88 Å². The molecule has 5 rings (SSSR count). The summed E-state index contributed by atoms with van der Waals surface area (Å²) in [6, 6.07) is 12.7. The van der Waals surface area contributed by atoms with Gasteiger partial charge in [0.2, 0.25) is 10.8 Å². The first kappa shape index (κ1) is 19.9. The fourth-order valence-electron chi connectivity index (χ4n) is 4.12. The van der Waals surface area contributed by atoms with E-state index in [9.17, 15) is 13.9 Å². The maximum absolute atomic E-state index is 14.1. The second-order valence-electron chi connectivity index (χ2n) is 7.60. The van der Waals surface area contributed by atoms with Gasteiger partial charge in [-0.25, -0.2) is 13.8 Å². The van der Waals surface area contributed by atoms with Crippen molar-refractivity contribution in [3.05, 3.63) is 76.4 Å². The van der Waals surface area contributed by atoms with Crippen molar-refractivity contribution in [1.82, 2.24) is 19.5 Å². The highest BCUT2D eigenvalue weighted by molar-refractivity contribution is 7.17. The molecule has 6 nitrogen and oxygen atoms in total. The molecule has 0 saturated carbocycles. The summed E-state index contributed by atoms with van der Waals surface area (Å²) in [5, 5.41) is 15.2. The van der Waals surface area contributed by atoms with Crippen molar-refractivity contribution in [2.75, 3.05) is 31.1 Å². The average Bonchev–Trinajstić information content (AvgIpc) is 3.27. The third-order valence-electron chi connectivity index (χ3n) is 5.59. The summed E-state index contributed by atoms with van der Waals surface area (Å²) in [6.45, 7) is 4.64. The number of nitrogens with zero attached hydrogens (tertiary/aromatic N) is 5. The minimum Gasteiger partial charge on any atom is -0.492 e. The molecule has 0 spiro atoms. The van der Waals surface area contributed by atoms with Gasteiger partial charge in [-0.15, -0.1) is 5.10 Å². The predicted molar refractivity (Wildman–Crippen MR) is 116 cm³/mol. The van der Waals surface area contributed by atoms with E-state index in [1.165, 1.54) is 40.1 Å². The molecule has 1 aliphatic rings. The highest BCUT2D eigenvalue weighted by Crippen LogP contribution is 2.40. The standard InChI is InChI=1S/C22H21F2N5OS/c1-14-25-22-29(26-14)21(30)20(31-22)19(15-3-2-4-17(24)13-15)28-11-9-27(10-12-28)18-7-5-16(23)6-8-18/h2-8,13,19,30H,9-12H2,1H3/t19-/m0/s1. The first-order valence-corrected chi connectivity index (χ1v) is 10.9. The van der Waals surface area contributed by atoms with Gasteiger partial charge < -0.3 is 10.0 Å². The number of benzene rings is 2. The zero-order valence-electron chi connectivity index (χ0n) is 16.9. The Kier molecular flexibility index (Phi) is 5.07. The fraction of sp³-hybridized carbons (Fsp3) is 0.273. The summed E-state index contributed by atoms with van der Waals surface area (Å²) >= 11 is 1.37. The van der Waals surface area contributed by atoms with Gasteiger partial charge in [0.1, 0.15) is 17.5 Å². The molecule has 0 unspecified atom stereocenters. The van der Waals surface area contributed by atoms with E-state index in [0.717, 1.165) is 24.3 Å². The molecule has 1 fully saturated rings. The van der Waals surface area contributed by atoms with Gasteiger partial charge in [0.05, 0.1) is 10.9 Å². The van der Waals surface area contributed by atoms with Crippen molar-refractivity contribution >= 4 is 22.0 Å². The number of fused-ring (bicyclic) bond motifs is 1. The number of aromatic hydroxyl groups is 1. The number of aromatic nitrogens is 3. The molecule has 1 saturated heterocycles. The third kappa shape index (κ3) is 3.75. The normalized spacial score (nSPS) is 16.2. The Morgan fingerprint density at radius 2 is 1.74 bits per heavy atom. The van der Waals surface area contributed by atoms with Crippen LogP contribution < -0.4 is 4.90 Å². The van der Waals surface area contributed by atoms with Gasteiger partial charge >= 0.3 is 0 Å². The molecule has 0 radical (unpaired) electrons. The maximum atomic E-state index is 14.1. The van der Waals surface area contributed by atoms with E-state index in [1.807, 2.05) is 6.07 Å². The Bertz CT molecular complexity index is 1210. The van der Waals surface area contributed by atoms with Gasteiger partial charge in [-0.3, -0.25) is 4.90 Å². The van der Waals surface area contributed by atoms with Crippen molar-refractivity contribution < 1.29 is 13.9 Å². The molecular formula is C22H21F2N5OS. The molecule has 0 bridgehead atoms. The van der Waals surface area contributed by atoms with E-state index >= 15 is 0 Å². The monoisotopic (exact) mass is 441 g/mol. The van der Waals surface area contributed by atoms with E-state index in [0.29, 0.717) is 28.8 Å². The maximum Gasteiger partial charge on any atom is 0.230 e. The van der Waals surface area contributed by atoms with Gasteiger partial charge in [-0.05, 0) is 48.9 Å². The number of aryl methyl sites for hydroxylation is 1. The van der Waals surface area contributed by atoms with Gasteiger partial charge in [-0.2, -0.15) is 4.52 Å². The molecule has 9 heteroatoms. The van der Waals surface area contributed by atoms with E-state index in [2.05, 4.69) is 19.9 Å². The van der Waals surface area contributed by atoms with E-state index in [-0.39, 0.29) is 23.6 Å². The van der Waals surface area contributed by atoms with Crippen molar-refractivity contribution in [1.29, 1.82) is 0 Å². The highest BCUT2D eigenvalue weighted by atomic mass is 32.1. The number of rotatable bonds is 4. The first-order chi connectivity index (χ1) is 15.0. The van der Waals surface area contributed by atoms with Crippen LogP contribution in [0.25, 0.3) is 4.96 Å². The number of hydrogen-bond acceptors (Lipinski definition) is 6.